The van der Waals surface area contributed by atoms with Crippen molar-refractivity contribution >= 4 is 5.57 Å². The van der Waals surface area contributed by atoms with Crippen LogP contribution in [0.5, 0.6) is 0 Å². The summed E-state index contributed by atoms with van der Waals surface area (Å²) in [5, 5.41) is 7.55. The molecule has 4 heteroatoms. The second-order valence-electron chi connectivity index (χ2n) is 3.59. The molecule has 76 valence electrons. The lowest BCUT2D eigenvalue weighted by Gasteiger charge is -2.18. The highest BCUT2D eigenvalue weighted by atomic mass is 15.3. The molecule has 0 radical (unpaired) electrons. The maximum Gasteiger partial charge on any atom is 0.155 e. The van der Waals surface area contributed by atoms with Gasteiger partial charge in [-0.15, -0.1) is 0 Å². The van der Waals surface area contributed by atoms with Crippen LogP contribution in [0.15, 0.2) is 11.9 Å². The summed E-state index contributed by atoms with van der Waals surface area (Å²) in [6.07, 6.45) is 2.75. The Balaban J connectivity index is 2.38. The Morgan fingerprint density at radius 3 is 3.14 bits per heavy atom. The van der Waals surface area contributed by atoms with Gasteiger partial charge in [0.05, 0.1) is 0 Å². The molecule has 1 aliphatic heterocycles. The van der Waals surface area contributed by atoms with Gasteiger partial charge in [0.2, 0.25) is 0 Å². The Morgan fingerprint density at radius 2 is 2.43 bits per heavy atom. The first-order valence-electron chi connectivity index (χ1n) is 5.10. The van der Waals surface area contributed by atoms with Crippen LogP contribution in [0, 0.1) is 0 Å². The third kappa shape index (κ3) is 1.57. The lowest BCUT2D eigenvalue weighted by Crippen LogP contribution is -2.25. The zero-order valence-corrected chi connectivity index (χ0v) is 8.75. The van der Waals surface area contributed by atoms with Crippen molar-refractivity contribution in [3.63, 3.8) is 0 Å². The summed E-state index contributed by atoms with van der Waals surface area (Å²) >= 11 is 0. The van der Waals surface area contributed by atoms with Crippen LogP contribution in [0.4, 0.5) is 0 Å². The van der Waals surface area contributed by atoms with Crippen molar-refractivity contribution in [3.05, 3.63) is 17.7 Å². The standard InChI is InChI=1S/C10H16N4/c1-3-14-10(12-7-13-14)9-6-11-5-4-8(9)2/h7,11H,3-6H2,1-2H3. The molecule has 1 N–H and O–H groups in total. The van der Waals surface area contributed by atoms with Crippen molar-refractivity contribution in [3.8, 4) is 0 Å². The maximum absolute atomic E-state index is 4.32. The van der Waals surface area contributed by atoms with Gasteiger partial charge in [-0.05, 0) is 26.8 Å². The molecule has 0 spiro atoms. The van der Waals surface area contributed by atoms with Gasteiger partial charge in [-0.2, -0.15) is 5.10 Å². The fourth-order valence-electron chi connectivity index (χ4n) is 1.79. The Labute approximate surface area is 84.0 Å². The smallest absolute Gasteiger partial charge is 0.155 e. The van der Waals surface area contributed by atoms with Gasteiger partial charge < -0.3 is 5.32 Å². The van der Waals surface area contributed by atoms with E-state index in [1.54, 1.807) is 6.33 Å². The van der Waals surface area contributed by atoms with E-state index in [-0.39, 0.29) is 0 Å². The molecule has 1 aromatic heterocycles. The van der Waals surface area contributed by atoms with Crippen LogP contribution in [0.25, 0.3) is 5.57 Å². The summed E-state index contributed by atoms with van der Waals surface area (Å²) in [5.41, 5.74) is 2.75. The van der Waals surface area contributed by atoms with Crippen molar-refractivity contribution in [2.75, 3.05) is 13.1 Å². The molecule has 1 aromatic rings. The highest BCUT2D eigenvalue weighted by Gasteiger charge is 2.15. The number of nitrogens with one attached hydrogen (secondary N) is 1. The van der Waals surface area contributed by atoms with Crippen LogP contribution in [0.2, 0.25) is 0 Å². The summed E-state index contributed by atoms with van der Waals surface area (Å²) < 4.78 is 1.95. The molecule has 0 unspecified atom stereocenters. The van der Waals surface area contributed by atoms with Crippen LogP contribution in [-0.4, -0.2) is 27.9 Å². The quantitative estimate of drug-likeness (QED) is 0.762. The fourth-order valence-corrected chi connectivity index (χ4v) is 1.79. The van der Waals surface area contributed by atoms with Crippen LogP contribution in [-0.2, 0) is 6.54 Å². The molecule has 4 nitrogen and oxygen atoms in total. The van der Waals surface area contributed by atoms with E-state index in [0.29, 0.717) is 0 Å². The average molecular weight is 192 g/mol. The molecule has 1 aliphatic rings. The van der Waals surface area contributed by atoms with Crippen LogP contribution in [0.3, 0.4) is 0 Å². The summed E-state index contributed by atoms with van der Waals surface area (Å²) in [6, 6.07) is 0. The molecule has 0 amide bonds. The highest BCUT2D eigenvalue weighted by Crippen LogP contribution is 2.20. The first kappa shape index (κ1) is 9.40. The molecule has 0 saturated carbocycles. The van der Waals surface area contributed by atoms with E-state index >= 15 is 0 Å². The molecule has 0 atom stereocenters. The number of aryl methyl sites for hydroxylation is 1. The summed E-state index contributed by atoms with van der Waals surface area (Å²) in [5.74, 6) is 1.03. The zero-order chi connectivity index (χ0) is 9.97. The van der Waals surface area contributed by atoms with Crippen molar-refractivity contribution < 1.29 is 0 Å². The predicted molar refractivity (Wildman–Crippen MR) is 55.8 cm³/mol. The monoisotopic (exact) mass is 192 g/mol. The number of nitrogens with zero attached hydrogens (tertiary/aromatic N) is 3. The van der Waals surface area contributed by atoms with E-state index in [9.17, 15) is 0 Å². The number of hydrogen-bond donors (Lipinski definition) is 1. The molecule has 0 aromatic carbocycles. The lowest BCUT2D eigenvalue weighted by molar-refractivity contribution is 0.636. The molecule has 2 rings (SSSR count). The average Bonchev–Trinajstić information content (AvgIpc) is 2.66. The second-order valence-corrected chi connectivity index (χ2v) is 3.59. The highest BCUT2D eigenvalue weighted by molar-refractivity contribution is 5.65. The first-order valence-corrected chi connectivity index (χ1v) is 5.10. The Kier molecular flexibility index (Phi) is 2.63. The SMILES string of the molecule is CCn1ncnc1C1=C(C)CCNC1. The van der Waals surface area contributed by atoms with E-state index in [0.717, 1.165) is 31.9 Å². The molecular weight excluding hydrogens is 176 g/mol. The Bertz CT molecular complexity index is 351. The molecular formula is C10H16N4. The van der Waals surface area contributed by atoms with E-state index < -0.39 is 0 Å². The second kappa shape index (κ2) is 3.92. The van der Waals surface area contributed by atoms with Gasteiger partial charge in [-0.25, -0.2) is 9.67 Å². The van der Waals surface area contributed by atoms with Gasteiger partial charge in [-0.3, -0.25) is 0 Å². The molecule has 0 fully saturated rings. The number of hydrogen-bond acceptors (Lipinski definition) is 3. The van der Waals surface area contributed by atoms with Crippen molar-refractivity contribution in [2.45, 2.75) is 26.8 Å². The Morgan fingerprint density at radius 1 is 1.57 bits per heavy atom. The van der Waals surface area contributed by atoms with Crippen molar-refractivity contribution in [1.82, 2.24) is 20.1 Å². The first-order chi connectivity index (χ1) is 6.83. The van der Waals surface area contributed by atoms with Crippen LogP contribution in [0.1, 0.15) is 26.1 Å². The van der Waals surface area contributed by atoms with Crippen LogP contribution >= 0.6 is 0 Å². The number of aromatic nitrogens is 3. The largest absolute Gasteiger partial charge is 0.312 e. The van der Waals surface area contributed by atoms with E-state index in [2.05, 4.69) is 29.2 Å². The maximum atomic E-state index is 4.32. The topological polar surface area (TPSA) is 42.7 Å². The zero-order valence-electron chi connectivity index (χ0n) is 8.75. The third-order valence-corrected chi connectivity index (χ3v) is 2.68. The minimum absolute atomic E-state index is 0.881. The van der Waals surface area contributed by atoms with Crippen molar-refractivity contribution in [2.24, 2.45) is 0 Å². The summed E-state index contributed by atoms with van der Waals surface area (Å²) in [6.45, 7) is 7.15. The predicted octanol–water partition coefficient (Wildman–Crippen LogP) is 1.06. The van der Waals surface area contributed by atoms with E-state index in [4.69, 9.17) is 0 Å². The molecule has 0 aliphatic carbocycles. The van der Waals surface area contributed by atoms with Gasteiger partial charge in [-0.1, -0.05) is 5.57 Å². The van der Waals surface area contributed by atoms with Gasteiger partial charge >= 0.3 is 0 Å². The molecule has 2 heterocycles. The fraction of sp³-hybridized carbons (Fsp3) is 0.600. The summed E-state index contributed by atoms with van der Waals surface area (Å²) in [7, 11) is 0. The number of rotatable bonds is 2. The minimum atomic E-state index is 0.881. The molecule has 0 saturated heterocycles. The lowest BCUT2D eigenvalue weighted by atomic mass is 10.0. The van der Waals surface area contributed by atoms with Crippen LogP contribution < -0.4 is 5.32 Å². The summed E-state index contributed by atoms with van der Waals surface area (Å²) in [4.78, 5) is 4.32. The molecule has 14 heavy (non-hydrogen) atoms. The Hall–Kier alpha value is -1.16. The van der Waals surface area contributed by atoms with Gasteiger partial charge in [0, 0.05) is 18.7 Å². The van der Waals surface area contributed by atoms with Gasteiger partial charge in [0.25, 0.3) is 0 Å². The molecule has 0 bridgehead atoms. The van der Waals surface area contributed by atoms with Gasteiger partial charge in [0.1, 0.15) is 6.33 Å². The van der Waals surface area contributed by atoms with E-state index in [1.165, 1.54) is 11.1 Å². The van der Waals surface area contributed by atoms with Crippen molar-refractivity contribution in [1.29, 1.82) is 0 Å². The van der Waals surface area contributed by atoms with E-state index in [1.807, 2.05) is 4.68 Å². The minimum Gasteiger partial charge on any atom is -0.312 e. The van der Waals surface area contributed by atoms with Gasteiger partial charge in [0.15, 0.2) is 5.82 Å². The normalized spacial score (nSPS) is 17.6. The third-order valence-electron chi connectivity index (χ3n) is 2.68.